The monoisotopic (exact) mass is 280 g/mol. The second-order valence-corrected chi connectivity index (χ2v) is 4.87. The van der Waals surface area contributed by atoms with Crippen molar-refractivity contribution in [2.75, 3.05) is 0 Å². The van der Waals surface area contributed by atoms with Crippen molar-refractivity contribution in [3.8, 4) is 5.75 Å². The van der Waals surface area contributed by atoms with Gasteiger partial charge in [0.15, 0.2) is 0 Å². The Morgan fingerprint density at radius 3 is 2.79 bits per heavy atom. The molecule has 4 nitrogen and oxygen atoms in total. The van der Waals surface area contributed by atoms with Gasteiger partial charge in [-0.3, -0.25) is 4.68 Å². The number of aliphatic hydroxyl groups is 1. The van der Waals surface area contributed by atoms with E-state index in [1.165, 1.54) is 0 Å². The van der Waals surface area contributed by atoms with Crippen molar-refractivity contribution in [3.63, 3.8) is 0 Å². The van der Waals surface area contributed by atoms with Gasteiger partial charge < -0.3 is 9.84 Å². The first-order valence-corrected chi connectivity index (χ1v) is 6.45. The minimum atomic E-state index is -0.507. The minimum absolute atomic E-state index is 0.363. The second-order valence-electron chi connectivity index (χ2n) is 4.52. The highest BCUT2D eigenvalue weighted by Crippen LogP contribution is 2.23. The molecule has 2 rings (SSSR count). The molecule has 2 aromatic rings. The fraction of sp³-hybridized carbons (Fsp3) is 0.357. The number of aryl methyl sites for hydroxylation is 2. The summed E-state index contributed by atoms with van der Waals surface area (Å²) in [5.41, 5.74) is 2.57. The molecule has 102 valence electrons. The van der Waals surface area contributed by atoms with Crippen molar-refractivity contribution in [2.45, 2.75) is 26.6 Å². The number of ether oxygens (including phenoxy) is 1. The Bertz CT molecular complexity index is 579. The van der Waals surface area contributed by atoms with Crippen molar-refractivity contribution in [1.82, 2.24) is 9.78 Å². The topological polar surface area (TPSA) is 47.3 Å². The predicted molar refractivity (Wildman–Crippen MR) is 74.4 cm³/mol. The number of aromatic nitrogens is 2. The van der Waals surface area contributed by atoms with Gasteiger partial charge in [0.25, 0.3) is 0 Å². The summed E-state index contributed by atoms with van der Waals surface area (Å²) in [5, 5.41) is 14.4. The van der Waals surface area contributed by atoms with E-state index in [-0.39, 0.29) is 0 Å². The van der Waals surface area contributed by atoms with Gasteiger partial charge in [-0.1, -0.05) is 23.7 Å². The summed E-state index contributed by atoms with van der Waals surface area (Å²) in [5.74, 6) is 0.706. The highest BCUT2D eigenvalue weighted by atomic mass is 35.5. The average Bonchev–Trinajstić information content (AvgIpc) is 2.61. The summed E-state index contributed by atoms with van der Waals surface area (Å²) in [6.45, 7) is 3.99. The molecule has 1 aromatic heterocycles. The lowest BCUT2D eigenvalue weighted by molar-refractivity contribution is 0.198. The first-order valence-electron chi connectivity index (χ1n) is 6.08. The summed E-state index contributed by atoms with van der Waals surface area (Å²) in [6.07, 6.45) is -0.507. The zero-order valence-corrected chi connectivity index (χ0v) is 12.0. The highest BCUT2D eigenvalue weighted by Gasteiger charge is 2.12. The van der Waals surface area contributed by atoms with Gasteiger partial charge >= 0.3 is 0 Å². The number of aliphatic hydroxyl groups excluding tert-OH is 1. The first-order chi connectivity index (χ1) is 8.99. The molecule has 0 spiro atoms. The van der Waals surface area contributed by atoms with E-state index in [2.05, 4.69) is 5.10 Å². The molecule has 0 unspecified atom stereocenters. The number of benzene rings is 1. The van der Waals surface area contributed by atoms with Crippen molar-refractivity contribution in [2.24, 2.45) is 7.05 Å². The van der Waals surface area contributed by atoms with Gasteiger partial charge in [-0.2, -0.15) is 5.10 Å². The van der Waals surface area contributed by atoms with Crippen LogP contribution in [0.15, 0.2) is 24.3 Å². The van der Waals surface area contributed by atoms with E-state index in [0.717, 1.165) is 16.8 Å². The molecule has 5 heteroatoms. The first kappa shape index (κ1) is 13.9. The van der Waals surface area contributed by atoms with Crippen LogP contribution in [0.25, 0.3) is 0 Å². The van der Waals surface area contributed by atoms with E-state index in [1.54, 1.807) is 18.7 Å². The summed E-state index contributed by atoms with van der Waals surface area (Å²) < 4.78 is 7.34. The second kappa shape index (κ2) is 5.63. The molecule has 1 aromatic carbocycles. The quantitative estimate of drug-likeness (QED) is 0.936. The summed E-state index contributed by atoms with van der Waals surface area (Å²) >= 11 is 6.14. The van der Waals surface area contributed by atoms with E-state index >= 15 is 0 Å². The predicted octanol–water partition coefficient (Wildman–Crippen LogP) is 3.01. The maximum atomic E-state index is 9.53. The van der Waals surface area contributed by atoms with Gasteiger partial charge in [-0.25, -0.2) is 0 Å². The largest absolute Gasteiger partial charge is 0.489 e. The number of hydrogen-bond donors (Lipinski definition) is 1. The Hall–Kier alpha value is -1.52. The lowest BCUT2D eigenvalue weighted by Crippen LogP contribution is -1.98. The lowest BCUT2D eigenvalue weighted by Gasteiger charge is -2.09. The van der Waals surface area contributed by atoms with Crippen LogP contribution in [0, 0.1) is 6.92 Å². The fourth-order valence-corrected chi connectivity index (χ4v) is 2.09. The molecule has 0 saturated heterocycles. The Labute approximate surface area is 117 Å². The zero-order chi connectivity index (χ0) is 14.0. The van der Waals surface area contributed by atoms with Gasteiger partial charge in [-0.15, -0.1) is 0 Å². The Kier molecular flexibility index (Phi) is 4.12. The van der Waals surface area contributed by atoms with Crippen LogP contribution in [-0.4, -0.2) is 14.9 Å². The van der Waals surface area contributed by atoms with E-state index in [0.29, 0.717) is 17.5 Å². The number of rotatable bonds is 4. The standard InChI is InChI=1S/C14H17ClN2O2/c1-9-13(14(15)17(3)16-9)8-19-12-6-4-5-11(7-12)10(2)18/h4-7,10,18H,8H2,1-3H3/t10-/m0/s1. The maximum Gasteiger partial charge on any atom is 0.133 e. The average molecular weight is 281 g/mol. The van der Waals surface area contributed by atoms with Crippen LogP contribution < -0.4 is 4.74 Å². The Morgan fingerprint density at radius 1 is 1.47 bits per heavy atom. The summed E-state index contributed by atoms with van der Waals surface area (Å²) in [4.78, 5) is 0. The van der Waals surface area contributed by atoms with Crippen LogP contribution in [0.3, 0.4) is 0 Å². The molecule has 0 saturated carbocycles. The lowest BCUT2D eigenvalue weighted by atomic mass is 10.1. The molecule has 0 aliphatic carbocycles. The smallest absolute Gasteiger partial charge is 0.133 e. The van der Waals surface area contributed by atoms with Crippen LogP contribution in [0.1, 0.15) is 29.8 Å². The van der Waals surface area contributed by atoms with Gasteiger partial charge in [0.2, 0.25) is 0 Å². The highest BCUT2D eigenvalue weighted by molar-refractivity contribution is 6.30. The molecule has 0 aliphatic rings. The SMILES string of the molecule is Cc1nn(C)c(Cl)c1COc1cccc([C@H](C)O)c1. The van der Waals surface area contributed by atoms with Crippen LogP contribution in [0.5, 0.6) is 5.75 Å². The van der Waals surface area contributed by atoms with Gasteiger partial charge in [0.1, 0.15) is 17.5 Å². The molecule has 0 fully saturated rings. The van der Waals surface area contributed by atoms with Gasteiger partial charge in [-0.05, 0) is 31.5 Å². The third kappa shape index (κ3) is 3.08. The molecular formula is C14H17ClN2O2. The van der Waals surface area contributed by atoms with Crippen molar-refractivity contribution in [1.29, 1.82) is 0 Å². The molecular weight excluding hydrogens is 264 g/mol. The van der Waals surface area contributed by atoms with Gasteiger partial charge in [0, 0.05) is 12.6 Å². The van der Waals surface area contributed by atoms with Crippen LogP contribution in [0.2, 0.25) is 5.15 Å². The normalized spacial score (nSPS) is 12.5. The van der Waals surface area contributed by atoms with Gasteiger partial charge in [0.05, 0.1) is 11.8 Å². The molecule has 19 heavy (non-hydrogen) atoms. The number of hydrogen-bond acceptors (Lipinski definition) is 3. The minimum Gasteiger partial charge on any atom is -0.489 e. The van der Waals surface area contributed by atoms with Crippen molar-refractivity contribution >= 4 is 11.6 Å². The van der Waals surface area contributed by atoms with Crippen LogP contribution >= 0.6 is 11.6 Å². The van der Waals surface area contributed by atoms with E-state index in [4.69, 9.17) is 16.3 Å². The molecule has 0 radical (unpaired) electrons. The van der Waals surface area contributed by atoms with E-state index < -0.39 is 6.10 Å². The molecule has 1 heterocycles. The summed E-state index contributed by atoms with van der Waals surface area (Å²) in [6, 6.07) is 7.39. The third-order valence-corrected chi connectivity index (χ3v) is 3.47. The zero-order valence-electron chi connectivity index (χ0n) is 11.2. The van der Waals surface area contributed by atoms with E-state index in [9.17, 15) is 5.11 Å². The van der Waals surface area contributed by atoms with Crippen molar-refractivity contribution < 1.29 is 9.84 Å². The van der Waals surface area contributed by atoms with Crippen molar-refractivity contribution in [3.05, 3.63) is 46.2 Å². The third-order valence-electron chi connectivity index (χ3n) is 2.99. The number of halogens is 1. The molecule has 0 amide bonds. The molecule has 0 bridgehead atoms. The molecule has 0 aliphatic heterocycles. The van der Waals surface area contributed by atoms with E-state index in [1.807, 2.05) is 31.2 Å². The fourth-order valence-electron chi connectivity index (χ4n) is 1.86. The molecule has 1 atom stereocenters. The maximum absolute atomic E-state index is 9.53. The number of nitrogens with zero attached hydrogens (tertiary/aromatic N) is 2. The summed E-state index contributed by atoms with van der Waals surface area (Å²) in [7, 11) is 1.80. The Balaban J connectivity index is 2.12. The van der Waals surface area contributed by atoms with Crippen LogP contribution in [-0.2, 0) is 13.7 Å². The Morgan fingerprint density at radius 2 is 2.21 bits per heavy atom. The van der Waals surface area contributed by atoms with Crippen LogP contribution in [0.4, 0.5) is 0 Å². The molecule has 1 N–H and O–H groups in total.